The highest BCUT2D eigenvalue weighted by atomic mass is 16.5. The van der Waals surface area contributed by atoms with Crippen molar-refractivity contribution in [3.63, 3.8) is 0 Å². The van der Waals surface area contributed by atoms with Gasteiger partial charge in [-0.1, -0.05) is 5.16 Å². The van der Waals surface area contributed by atoms with E-state index in [9.17, 15) is 4.79 Å². The van der Waals surface area contributed by atoms with Crippen LogP contribution in [-0.2, 0) is 4.79 Å². The van der Waals surface area contributed by atoms with Gasteiger partial charge in [0.1, 0.15) is 18.0 Å². The fourth-order valence-electron chi connectivity index (χ4n) is 3.45. The average Bonchev–Trinajstić information content (AvgIpc) is 3.12. The summed E-state index contributed by atoms with van der Waals surface area (Å²) in [6.45, 7) is 1.62. The maximum Gasteiger partial charge on any atom is 0.241 e. The summed E-state index contributed by atoms with van der Waals surface area (Å²) in [7, 11) is 0. The van der Waals surface area contributed by atoms with Crippen molar-refractivity contribution in [2.75, 3.05) is 36.4 Å². The van der Waals surface area contributed by atoms with Crippen molar-refractivity contribution in [1.29, 1.82) is 5.41 Å². The molecule has 0 radical (unpaired) electrons. The predicted octanol–water partition coefficient (Wildman–Crippen LogP) is 1.62. The zero-order chi connectivity index (χ0) is 20.4. The van der Waals surface area contributed by atoms with Gasteiger partial charge in [0.15, 0.2) is 11.4 Å². The van der Waals surface area contributed by atoms with Crippen molar-refractivity contribution in [3.05, 3.63) is 35.7 Å². The van der Waals surface area contributed by atoms with Crippen LogP contribution in [0.2, 0.25) is 0 Å². The first-order valence-electron chi connectivity index (χ1n) is 9.41. The summed E-state index contributed by atoms with van der Waals surface area (Å²) in [5, 5.41) is 16.0. The van der Waals surface area contributed by atoms with Crippen molar-refractivity contribution in [3.8, 4) is 0 Å². The van der Waals surface area contributed by atoms with Crippen LogP contribution in [0.5, 0.6) is 0 Å². The van der Waals surface area contributed by atoms with E-state index >= 15 is 0 Å². The summed E-state index contributed by atoms with van der Waals surface area (Å²) in [6.07, 6.45) is 4.51. The standard InChI is InChI=1S/C19H22N8O2/c20-16(11-4-5-13-12(8-11)17(21)26-29-13)15-18(22)24-10-25-19(15)23-9-14(28)27-6-2-1-3-7-27/h4-5,8,10,20H,1-3,6-7,9H2,(H2,21,26)(H3,22,23,24,25). The molecule has 1 fully saturated rings. The fraction of sp³-hybridized carbons (Fsp3) is 0.316. The van der Waals surface area contributed by atoms with Crippen molar-refractivity contribution in [2.45, 2.75) is 19.3 Å². The number of nitrogens with one attached hydrogen (secondary N) is 2. The summed E-state index contributed by atoms with van der Waals surface area (Å²) < 4.78 is 5.11. The summed E-state index contributed by atoms with van der Waals surface area (Å²) in [6, 6.07) is 5.11. The number of benzene rings is 1. The van der Waals surface area contributed by atoms with Crippen LogP contribution in [0.3, 0.4) is 0 Å². The smallest absolute Gasteiger partial charge is 0.241 e. The Balaban J connectivity index is 1.58. The molecule has 3 heterocycles. The third-order valence-corrected chi connectivity index (χ3v) is 5.03. The Labute approximate surface area is 166 Å². The van der Waals surface area contributed by atoms with Crippen molar-refractivity contribution < 1.29 is 9.32 Å². The Bertz CT molecular complexity index is 1070. The molecule has 0 aliphatic carbocycles. The van der Waals surface area contributed by atoms with E-state index in [0.717, 1.165) is 32.4 Å². The molecule has 1 amide bonds. The van der Waals surface area contributed by atoms with Crippen LogP contribution >= 0.6 is 0 Å². The maximum absolute atomic E-state index is 12.5. The molecule has 0 unspecified atom stereocenters. The van der Waals surface area contributed by atoms with E-state index in [-0.39, 0.29) is 29.8 Å². The second-order valence-corrected chi connectivity index (χ2v) is 6.93. The number of anilines is 3. The van der Waals surface area contributed by atoms with Gasteiger partial charge in [0.05, 0.1) is 23.2 Å². The second kappa shape index (κ2) is 7.74. The number of carbonyl (C=O) groups excluding carboxylic acids is 1. The van der Waals surface area contributed by atoms with Crippen LogP contribution in [0.15, 0.2) is 29.0 Å². The number of nitrogens with zero attached hydrogens (tertiary/aromatic N) is 4. The van der Waals surface area contributed by atoms with E-state index in [1.807, 2.05) is 4.90 Å². The number of carbonyl (C=O) groups is 1. The summed E-state index contributed by atoms with van der Waals surface area (Å²) in [5.41, 5.74) is 13.4. The minimum atomic E-state index is -0.00183. The van der Waals surface area contributed by atoms with E-state index in [2.05, 4.69) is 20.4 Å². The van der Waals surface area contributed by atoms with Crippen molar-refractivity contribution >= 4 is 40.0 Å². The number of nitrogens with two attached hydrogens (primary N) is 2. The van der Waals surface area contributed by atoms with E-state index in [1.165, 1.54) is 6.33 Å². The van der Waals surface area contributed by atoms with Gasteiger partial charge in [0, 0.05) is 18.7 Å². The summed E-state index contributed by atoms with van der Waals surface area (Å²) in [4.78, 5) is 22.5. The Morgan fingerprint density at radius 1 is 1.17 bits per heavy atom. The third kappa shape index (κ3) is 3.68. The number of rotatable bonds is 5. The van der Waals surface area contributed by atoms with Gasteiger partial charge in [-0.25, -0.2) is 9.97 Å². The molecule has 1 saturated heterocycles. The van der Waals surface area contributed by atoms with Crippen LogP contribution in [0.1, 0.15) is 30.4 Å². The number of hydrogen-bond acceptors (Lipinski definition) is 9. The first-order valence-corrected chi connectivity index (χ1v) is 9.41. The third-order valence-electron chi connectivity index (χ3n) is 5.03. The average molecular weight is 394 g/mol. The quantitative estimate of drug-likeness (QED) is 0.475. The zero-order valence-electron chi connectivity index (χ0n) is 15.8. The van der Waals surface area contributed by atoms with Gasteiger partial charge in [-0.15, -0.1) is 0 Å². The molecule has 6 N–H and O–H groups in total. The van der Waals surface area contributed by atoms with Crippen LogP contribution in [0.4, 0.5) is 17.5 Å². The number of fused-ring (bicyclic) bond motifs is 1. The van der Waals surface area contributed by atoms with Crippen LogP contribution in [0.25, 0.3) is 11.0 Å². The van der Waals surface area contributed by atoms with Gasteiger partial charge >= 0.3 is 0 Å². The number of likely N-dealkylation sites (tertiary alicyclic amines) is 1. The molecule has 1 aromatic carbocycles. The van der Waals surface area contributed by atoms with Gasteiger partial charge in [0.2, 0.25) is 5.91 Å². The fourth-order valence-corrected chi connectivity index (χ4v) is 3.45. The van der Waals surface area contributed by atoms with Crippen molar-refractivity contribution in [2.24, 2.45) is 0 Å². The molecular formula is C19H22N8O2. The highest BCUT2D eigenvalue weighted by Crippen LogP contribution is 2.26. The lowest BCUT2D eigenvalue weighted by Crippen LogP contribution is -2.39. The molecule has 2 aromatic heterocycles. The summed E-state index contributed by atoms with van der Waals surface area (Å²) >= 11 is 0. The van der Waals surface area contributed by atoms with E-state index in [4.69, 9.17) is 21.4 Å². The molecule has 3 aromatic rings. The first kappa shape index (κ1) is 18.7. The molecule has 0 saturated carbocycles. The monoisotopic (exact) mass is 394 g/mol. The van der Waals surface area contributed by atoms with Crippen LogP contribution in [-0.4, -0.2) is 51.3 Å². The van der Waals surface area contributed by atoms with Gasteiger partial charge < -0.3 is 26.2 Å². The molecule has 150 valence electrons. The van der Waals surface area contributed by atoms with Crippen molar-refractivity contribution in [1.82, 2.24) is 20.0 Å². The topological polar surface area (TPSA) is 160 Å². The van der Waals surface area contributed by atoms with Crippen LogP contribution < -0.4 is 16.8 Å². The Hall–Kier alpha value is -3.69. The lowest BCUT2D eigenvalue weighted by molar-refractivity contribution is -0.130. The normalized spacial score (nSPS) is 14.1. The van der Waals surface area contributed by atoms with Gasteiger partial charge in [-0.05, 0) is 37.5 Å². The number of aromatic nitrogens is 3. The van der Waals surface area contributed by atoms with Gasteiger partial charge in [-0.2, -0.15) is 0 Å². The number of hydrogen-bond donors (Lipinski definition) is 4. The highest BCUT2D eigenvalue weighted by molar-refractivity contribution is 6.17. The molecule has 0 atom stereocenters. The molecule has 0 bridgehead atoms. The lowest BCUT2D eigenvalue weighted by Gasteiger charge is -2.27. The lowest BCUT2D eigenvalue weighted by atomic mass is 10.0. The summed E-state index contributed by atoms with van der Waals surface area (Å²) in [5.74, 6) is 0.734. The molecular weight excluding hydrogens is 372 g/mol. The molecule has 1 aliphatic rings. The minimum absolute atomic E-state index is 0.00183. The van der Waals surface area contributed by atoms with E-state index < -0.39 is 0 Å². The van der Waals surface area contributed by atoms with Crippen LogP contribution in [0, 0.1) is 5.41 Å². The Kier molecular flexibility index (Phi) is 4.98. The van der Waals surface area contributed by atoms with Gasteiger partial charge in [-0.3, -0.25) is 10.2 Å². The largest absolute Gasteiger partial charge is 0.383 e. The minimum Gasteiger partial charge on any atom is -0.383 e. The molecule has 10 heteroatoms. The first-order chi connectivity index (χ1) is 14.0. The molecule has 0 spiro atoms. The SMILES string of the molecule is N=C(c1ccc2onc(N)c2c1)c1c(N)ncnc1NCC(=O)N1CCCCC1. The second-order valence-electron chi connectivity index (χ2n) is 6.93. The highest BCUT2D eigenvalue weighted by Gasteiger charge is 2.20. The zero-order valence-corrected chi connectivity index (χ0v) is 15.8. The maximum atomic E-state index is 12.5. The molecule has 4 rings (SSSR count). The number of nitrogen functional groups attached to an aromatic ring is 2. The van der Waals surface area contributed by atoms with E-state index in [1.54, 1.807) is 18.2 Å². The van der Waals surface area contributed by atoms with E-state index in [0.29, 0.717) is 27.9 Å². The predicted molar refractivity (Wildman–Crippen MR) is 110 cm³/mol. The Morgan fingerprint density at radius 2 is 1.97 bits per heavy atom. The molecule has 29 heavy (non-hydrogen) atoms. The van der Waals surface area contributed by atoms with Gasteiger partial charge in [0.25, 0.3) is 0 Å². The molecule has 10 nitrogen and oxygen atoms in total. The molecule has 1 aliphatic heterocycles. The number of piperidine rings is 1. The number of amides is 1. The Morgan fingerprint density at radius 3 is 2.76 bits per heavy atom.